The van der Waals surface area contributed by atoms with Crippen LogP contribution in [0.4, 0.5) is 0 Å². The Bertz CT molecular complexity index is 549. The van der Waals surface area contributed by atoms with E-state index in [4.69, 9.17) is 0 Å². The molecule has 23 heavy (non-hydrogen) atoms. The van der Waals surface area contributed by atoms with Gasteiger partial charge in [0.2, 0.25) is 5.91 Å². The summed E-state index contributed by atoms with van der Waals surface area (Å²) in [6.45, 7) is 0.795. The molecule has 3 nitrogen and oxygen atoms in total. The van der Waals surface area contributed by atoms with Gasteiger partial charge in [-0.25, -0.2) is 0 Å². The van der Waals surface area contributed by atoms with Gasteiger partial charge in [-0.2, -0.15) is 0 Å². The third-order valence-corrected chi connectivity index (χ3v) is 7.24. The van der Waals surface area contributed by atoms with Crippen LogP contribution < -0.4 is 5.32 Å². The topological polar surface area (TPSA) is 32.3 Å². The third kappa shape index (κ3) is 3.29. The molecule has 3 unspecified atom stereocenters. The second-order valence-electron chi connectivity index (χ2n) is 7.37. The minimum Gasteiger partial charge on any atom is -0.355 e. The van der Waals surface area contributed by atoms with E-state index >= 15 is 0 Å². The number of carbonyl (C=O) groups excluding carboxylic acids is 1. The molecule has 0 spiro atoms. The molecule has 3 aliphatic rings. The van der Waals surface area contributed by atoms with E-state index in [1.165, 1.54) is 36.1 Å². The zero-order valence-electron chi connectivity index (χ0n) is 13.8. The summed E-state index contributed by atoms with van der Waals surface area (Å²) < 4.78 is 0. The standard InChI is InChI=1S/C19H26N2OS/c1-21-15-5-6-16(21)11-18(10-15)23-17-7-2-13(3-8-17)14-4-9-19(22)20-12-14/h2-3,7-8,14-16,18H,4-6,9-12H2,1H3,(H,20,22). The molecular formula is C19H26N2OS. The van der Waals surface area contributed by atoms with Crippen LogP contribution in [0.2, 0.25) is 0 Å². The number of hydrogen-bond donors (Lipinski definition) is 1. The highest BCUT2D eigenvalue weighted by Gasteiger charge is 2.38. The van der Waals surface area contributed by atoms with Gasteiger partial charge in [0.1, 0.15) is 0 Å². The Kier molecular flexibility index (Phi) is 4.37. The zero-order valence-corrected chi connectivity index (χ0v) is 14.6. The largest absolute Gasteiger partial charge is 0.355 e. The number of nitrogens with one attached hydrogen (secondary N) is 1. The van der Waals surface area contributed by atoms with Crippen molar-refractivity contribution in [2.45, 2.75) is 66.7 Å². The van der Waals surface area contributed by atoms with Gasteiger partial charge in [-0.05, 0) is 56.8 Å². The maximum Gasteiger partial charge on any atom is 0.220 e. The van der Waals surface area contributed by atoms with Crippen LogP contribution in [0.25, 0.3) is 0 Å². The Hall–Kier alpha value is -1.00. The third-order valence-electron chi connectivity index (χ3n) is 5.97. The first-order chi connectivity index (χ1) is 11.2. The van der Waals surface area contributed by atoms with E-state index in [-0.39, 0.29) is 5.91 Å². The number of piperidine rings is 2. The molecule has 0 aliphatic carbocycles. The Morgan fingerprint density at radius 3 is 2.39 bits per heavy atom. The van der Waals surface area contributed by atoms with Gasteiger partial charge in [0.05, 0.1) is 0 Å². The Balaban J connectivity index is 1.36. The number of benzene rings is 1. The highest BCUT2D eigenvalue weighted by molar-refractivity contribution is 8.00. The van der Waals surface area contributed by atoms with E-state index in [9.17, 15) is 4.79 Å². The summed E-state index contributed by atoms with van der Waals surface area (Å²) in [5, 5.41) is 3.76. The fourth-order valence-electron chi connectivity index (χ4n) is 4.49. The van der Waals surface area contributed by atoms with Crippen molar-refractivity contribution >= 4 is 17.7 Å². The van der Waals surface area contributed by atoms with E-state index in [0.29, 0.717) is 12.3 Å². The average molecular weight is 330 g/mol. The number of thioether (sulfide) groups is 1. The lowest BCUT2D eigenvalue weighted by atomic mass is 9.91. The van der Waals surface area contributed by atoms with E-state index in [2.05, 4.69) is 53.3 Å². The maximum atomic E-state index is 11.3. The lowest BCUT2D eigenvalue weighted by Crippen LogP contribution is -2.40. The summed E-state index contributed by atoms with van der Waals surface area (Å²) in [4.78, 5) is 15.3. The second-order valence-corrected chi connectivity index (χ2v) is 8.74. The van der Waals surface area contributed by atoms with Crippen molar-refractivity contribution in [3.8, 4) is 0 Å². The summed E-state index contributed by atoms with van der Waals surface area (Å²) in [5.41, 5.74) is 1.37. The first kappa shape index (κ1) is 15.5. The van der Waals surface area contributed by atoms with Crippen LogP contribution in [0.15, 0.2) is 29.2 Å². The van der Waals surface area contributed by atoms with Crippen molar-refractivity contribution < 1.29 is 4.79 Å². The van der Waals surface area contributed by atoms with E-state index < -0.39 is 0 Å². The quantitative estimate of drug-likeness (QED) is 0.922. The average Bonchev–Trinajstić information content (AvgIpc) is 2.78. The van der Waals surface area contributed by atoms with E-state index in [1.807, 2.05) is 0 Å². The molecule has 0 aromatic heterocycles. The Morgan fingerprint density at radius 2 is 1.78 bits per heavy atom. The molecule has 1 aromatic carbocycles. The van der Waals surface area contributed by atoms with Gasteiger partial charge in [-0.1, -0.05) is 12.1 Å². The number of fused-ring (bicyclic) bond motifs is 2. The maximum absolute atomic E-state index is 11.3. The fraction of sp³-hybridized carbons (Fsp3) is 0.632. The van der Waals surface area contributed by atoms with Crippen molar-refractivity contribution in [3.05, 3.63) is 29.8 Å². The summed E-state index contributed by atoms with van der Waals surface area (Å²) >= 11 is 2.07. The van der Waals surface area contributed by atoms with Gasteiger partial charge in [-0.3, -0.25) is 4.79 Å². The molecule has 3 heterocycles. The lowest BCUT2D eigenvalue weighted by Gasteiger charge is -2.36. The van der Waals surface area contributed by atoms with Gasteiger partial charge in [0, 0.05) is 41.1 Å². The second kappa shape index (κ2) is 6.48. The minimum absolute atomic E-state index is 0.199. The number of hydrogen-bond acceptors (Lipinski definition) is 3. The van der Waals surface area contributed by atoms with Gasteiger partial charge in [0.25, 0.3) is 0 Å². The smallest absolute Gasteiger partial charge is 0.220 e. The van der Waals surface area contributed by atoms with Crippen LogP contribution in [0.5, 0.6) is 0 Å². The normalized spacial score (nSPS) is 34.4. The lowest BCUT2D eigenvalue weighted by molar-refractivity contribution is -0.122. The van der Waals surface area contributed by atoms with Gasteiger partial charge < -0.3 is 10.2 Å². The van der Waals surface area contributed by atoms with Gasteiger partial charge >= 0.3 is 0 Å². The molecule has 124 valence electrons. The summed E-state index contributed by atoms with van der Waals surface area (Å²) in [5.74, 6) is 0.691. The first-order valence-electron chi connectivity index (χ1n) is 8.94. The molecule has 2 bridgehead atoms. The van der Waals surface area contributed by atoms with E-state index in [0.717, 1.165) is 30.3 Å². The Labute approximate surface area is 143 Å². The highest BCUT2D eigenvalue weighted by Crippen LogP contribution is 2.41. The molecule has 0 saturated carbocycles. The SMILES string of the molecule is CN1C2CCC1CC(Sc1ccc(C3CCC(=O)NC3)cc1)C2. The predicted molar refractivity (Wildman–Crippen MR) is 94.9 cm³/mol. The molecule has 3 saturated heterocycles. The molecule has 4 heteroatoms. The monoisotopic (exact) mass is 330 g/mol. The molecule has 4 rings (SSSR count). The van der Waals surface area contributed by atoms with Crippen molar-refractivity contribution in [2.24, 2.45) is 0 Å². The Morgan fingerprint density at radius 1 is 1.09 bits per heavy atom. The van der Waals surface area contributed by atoms with Gasteiger partial charge in [-0.15, -0.1) is 11.8 Å². The molecule has 3 fully saturated rings. The summed E-state index contributed by atoms with van der Waals surface area (Å²) in [6.07, 6.45) is 7.12. The van der Waals surface area contributed by atoms with Crippen LogP contribution in [-0.2, 0) is 4.79 Å². The van der Waals surface area contributed by atoms with Gasteiger partial charge in [0.15, 0.2) is 0 Å². The predicted octanol–water partition coefficient (Wildman–Crippen LogP) is 3.40. The fourth-order valence-corrected chi connectivity index (χ4v) is 5.80. The molecule has 3 aliphatic heterocycles. The summed E-state index contributed by atoms with van der Waals surface area (Å²) in [6, 6.07) is 10.8. The number of amides is 1. The van der Waals surface area contributed by atoms with E-state index in [1.54, 1.807) is 0 Å². The first-order valence-corrected chi connectivity index (χ1v) is 9.82. The molecule has 1 amide bonds. The van der Waals surface area contributed by atoms with Crippen LogP contribution >= 0.6 is 11.8 Å². The number of nitrogens with zero attached hydrogens (tertiary/aromatic N) is 1. The molecule has 1 aromatic rings. The molecular weight excluding hydrogens is 304 g/mol. The summed E-state index contributed by atoms with van der Waals surface area (Å²) in [7, 11) is 2.31. The van der Waals surface area contributed by atoms with Crippen molar-refractivity contribution in [1.29, 1.82) is 0 Å². The highest BCUT2D eigenvalue weighted by atomic mass is 32.2. The number of carbonyl (C=O) groups is 1. The minimum atomic E-state index is 0.199. The van der Waals surface area contributed by atoms with Crippen molar-refractivity contribution in [2.75, 3.05) is 13.6 Å². The molecule has 1 N–H and O–H groups in total. The van der Waals surface area contributed by atoms with Crippen molar-refractivity contribution in [3.63, 3.8) is 0 Å². The van der Waals surface area contributed by atoms with Crippen LogP contribution in [0, 0.1) is 0 Å². The van der Waals surface area contributed by atoms with Crippen LogP contribution in [-0.4, -0.2) is 41.7 Å². The van der Waals surface area contributed by atoms with Crippen molar-refractivity contribution in [1.82, 2.24) is 10.2 Å². The van der Waals surface area contributed by atoms with Crippen LogP contribution in [0.3, 0.4) is 0 Å². The number of rotatable bonds is 3. The molecule has 0 radical (unpaired) electrons. The zero-order chi connectivity index (χ0) is 15.8. The molecule has 3 atom stereocenters. The van der Waals surface area contributed by atoms with Crippen LogP contribution in [0.1, 0.15) is 50.0 Å².